The summed E-state index contributed by atoms with van der Waals surface area (Å²) in [7, 11) is 0. The van der Waals surface area contributed by atoms with Crippen LogP contribution in [0, 0.1) is 5.92 Å². The molecule has 3 rings (SSSR count). The summed E-state index contributed by atoms with van der Waals surface area (Å²) < 4.78 is 0. The molecule has 1 N–H and O–H groups in total. The second kappa shape index (κ2) is 4.82. The van der Waals surface area contributed by atoms with Crippen LogP contribution in [0.4, 0.5) is 5.69 Å². The molecule has 0 unspecified atom stereocenters. The van der Waals surface area contributed by atoms with Crippen LogP contribution in [0.15, 0.2) is 18.2 Å². The number of hydrogen-bond acceptors (Lipinski definition) is 2. The molecule has 22 heavy (non-hydrogen) atoms. The first-order valence-corrected chi connectivity index (χ1v) is 8.28. The monoisotopic (exact) mass is 301 g/mol. The number of hydrogen-bond donors (Lipinski definition) is 1. The number of carbonyl (C=O) groups excluding carboxylic acids is 1. The van der Waals surface area contributed by atoms with Gasteiger partial charge in [0.15, 0.2) is 0 Å². The number of aliphatic hydroxyl groups excluding tert-OH is 1. The minimum atomic E-state index is -0.131. The molecule has 0 saturated heterocycles. The van der Waals surface area contributed by atoms with Gasteiger partial charge < -0.3 is 10.0 Å². The van der Waals surface area contributed by atoms with E-state index in [1.54, 1.807) is 0 Å². The maximum Gasteiger partial charge on any atom is 0.228 e. The van der Waals surface area contributed by atoms with Gasteiger partial charge in [-0.3, -0.25) is 4.79 Å². The van der Waals surface area contributed by atoms with Crippen molar-refractivity contribution >= 4 is 11.6 Å². The molecule has 0 bridgehead atoms. The summed E-state index contributed by atoms with van der Waals surface area (Å²) >= 11 is 0. The molecule has 1 aromatic carbocycles. The highest BCUT2D eigenvalue weighted by Crippen LogP contribution is 2.55. The van der Waals surface area contributed by atoms with E-state index in [2.05, 4.69) is 52.8 Å². The molecule has 0 aromatic heterocycles. The van der Waals surface area contributed by atoms with Gasteiger partial charge in [-0.05, 0) is 48.8 Å². The van der Waals surface area contributed by atoms with E-state index >= 15 is 0 Å². The van der Waals surface area contributed by atoms with Crippen molar-refractivity contribution in [1.29, 1.82) is 0 Å². The van der Waals surface area contributed by atoms with Crippen molar-refractivity contribution < 1.29 is 9.90 Å². The molecule has 1 saturated carbocycles. The van der Waals surface area contributed by atoms with Crippen LogP contribution in [-0.4, -0.2) is 23.7 Å². The Labute approximate surface area is 133 Å². The van der Waals surface area contributed by atoms with Gasteiger partial charge in [0.2, 0.25) is 5.91 Å². The lowest BCUT2D eigenvalue weighted by molar-refractivity contribution is -0.120. The Bertz CT molecular complexity index is 620. The molecule has 2 aliphatic rings. The quantitative estimate of drug-likeness (QED) is 0.930. The van der Waals surface area contributed by atoms with Gasteiger partial charge in [-0.1, -0.05) is 32.9 Å². The van der Waals surface area contributed by atoms with E-state index in [1.165, 1.54) is 11.1 Å². The second-order valence-electron chi connectivity index (χ2n) is 8.15. The maximum absolute atomic E-state index is 12.5. The van der Waals surface area contributed by atoms with Gasteiger partial charge >= 0.3 is 0 Å². The van der Waals surface area contributed by atoms with E-state index in [4.69, 9.17) is 0 Å². The fraction of sp³-hybridized carbons (Fsp3) is 0.632. The molecule has 0 spiro atoms. The average Bonchev–Trinajstić information content (AvgIpc) is 3.09. The third kappa shape index (κ3) is 2.18. The zero-order chi connectivity index (χ0) is 16.3. The van der Waals surface area contributed by atoms with Crippen molar-refractivity contribution in [3.05, 3.63) is 29.3 Å². The minimum Gasteiger partial charge on any atom is -0.396 e. The fourth-order valence-electron chi connectivity index (χ4n) is 3.97. The predicted octanol–water partition coefficient (Wildman–Crippen LogP) is 3.38. The number of anilines is 1. The lowest BCUT2D eigenvalue weighted by Gasteiger charge is -2.41. The molecule has 1 aromatic rings. The number of benzene rings is 1. The van der Waals surface area contributed by atoms with E-state index in [9.17, 15) is 9.90 Å². The summed E-state index contributed by atoms with van der Waals surface area (Å²) in [5, 5.41) is 9.44. The standard InChI is InChI=1S/C19H27NO2/c1-12(2)20-16-7-6-13(19(5)9-14(19)11-21)8-15(16)18(3,4)10-17(20)22/h6-8,12,14,21H,9-11H2,1-5H3/t14-,19-/m1/s1. The molecule has 1 aliphatic carbocycles. The molecule has 3 nitrogen and oxygen atoms in total. The largest absolute Gasteiger partial charge is 0.396 e. The summed E-state index contributed by atoms with van der Waals surface area (Å²) in [4.78, 5) is 14.4. The summed E-state index contributed by atoms with van der Waals surface area (Å²) in [5.74, 6) is 0.589. The van der Waals surface area contributed by atoms with Crippen LogP contribution in [0.2, 0.25) is 0 Å². The highest BCUT2D eigenvalue weighted by Gasteiger charge is 2.51. The molecule has 1 amide bonds. The normalized spacial score (nSPS) is 29.7. The van der Waals surface area contributed by atoms with Crippen LogP contribution in [0.1, 0.15) is 58.6 Å². The molecule has 3 heteroatoms. The summed E-state index contributed by atoms with van der Waals surface area (Å²) in [6.07, 6.45) is 1.61. The van der Waals surface area contributed by atoms with E-state index in [0.717, 1.165) is 12.1 Å². The van der Waals surface area contributed by atoms with E-state index in [-0.39, 0.29) is 29.4 Å². The van der Waals surface area contributed by atoms with E-state index in [1.807, 2.05) is 4.90 Å². The Morgan fingerprint density at radius 2 is 2.00 bits per heavy atom. The lowest BCUT2D eigenvalue weighted by atomic mass is 9.75. The average molecular weight is 301 g/mol. The van der Waals surface area contributed by atoms with Crippen LogP contribution in [-0.2, 0) is 15.6 Å². The highest BCUT2D eigenvalue weighted by molar-refractivity contribution is 5.98. The SMILES string of the molecule is CC(C)N1C(=O)CC(C)(C)c2cc([C@@]3(C)C[C@@H]3CO)ccc21. The van der Waals surface area contributed by atoms with Crippen LogP contribution >= 0.6 is 0 Å². The number of fused-ring (bicyclic) bond motifs is 1. The molecule has 0 radical (unpaired) electrons. The van der Waals surface area contributed by atoms with Crippen molar-refractivity contribution in [3.8, 4) is 0 Å². The molecule has 1 fully saturated rings. The lowest BCUT2D eigenvalue weighted by Crippen LogP contribution is -2.45. The van der Waals surface area contributed by atoms with Crippen LogP contribution in [0.25, 0.3) is 0 Å². The van der Waals surface area contributed by atoms with E-state index < -0.39 is 0 Å². The first-order chi connectivity index (χ1) is 10.2. The predicted molar refractivity (Wildman–Crippen MR) is 89.3 cm³/mol. The summed E-state index contributed by atoms with van der Waals surface area (Å²) in [6.45, 7) is 10.9. The second-order valence-corrected chi connectivity index (χ2v) is 8.15. The van der Waals surface area contributed by atoms with Gasteiger partial charge in [-0.25, -0.2) is 0 Å². The molecular formula is C19H27NO2. The number of aliphatic hydroxyl groups is 1. The third-order valence-corrected chi connectivity index (χ3v) is 5.65. The number of nitrogens with zero attached hydrogens (tertiary/aromatic N) is 1. The van der Waals surface area contributed by atoms with Gasteiger partial charge in [0.25, 0.3) is 0 Å². The third-order valence-electron chi connectivity index (χ3n) is 5.65. The zero-order valence-corrected chi connectivity index (χ0v) is 14.3. The topological polar surface area (TPSA) is 40.5 Å². The van der Waals surface area contributed by atoms with Gasteiger partial charge in [0, 0.05) is 30.2 Å². The van der Waals surface area contributed by atoms with Gasteiger partial charge in [-0.2, -0.15) is 0 Å². The van der Waals surface area contributed by atoms with Crippen LogP contribution < -0.4 is 4.90 Å². The number of rotatable bonds is 3. The Balaban J connectivity index is 2.09. The molecule has 1 heterocycles. The van der Waals surface area contributed by atoms with Gasteiger partial charge in [0.05, 0.1) is 0 Å². The Hall–Kier alpha value is -1.35. The number of carbonyl (C=O) groups is 1. The van der Waals surface area contributed by atoms with Crippen LogP contribution in [0.5, 0.6) is 0 Å². The van der Waals surface area contributed by atoms with Gasteiger partial charge in [0.1, 0.15) is 0 Å². The molecule has 1 aliphatic heterocycles. The first kappa shape index (κ1) is 15.5. The van der Waals surface area contributed by atoms with Crippen molar-refractivity contribution in [2.75, 3.05) is 11.5 Å². The first-order valence-electron chi connectivity index (χ1n) is 8.28. The summed E-state index contributed by atoms with van der Waals surface area (Å²) in [5.41, 5.74) is 3.60. The molecule has 2 atom stereocenters. The van der Waals surface area contributed by atoms with Crippen molar-refractivity contribution in [2.24, 2.45) is 5.92 Å². The number of amides is 1. The summed E-state index contributed by atoms with van der Waals surface area (Å²) in [6, 6.07) is 6.72. The van der Waals surface area contributed by atoms with Gasteiger partial charge in [-0.15, -0.1) is 0 Å². The smallest absolute Gasteiger partial charge is 0.228 e. The van der Waals surface area contributed by atoms with E-state index in [0.29, 0.717) is 12.3 Å². The Morgan fingerprint density at radius 3 is 2.55 bits per heavy atom. The van der Waals surface area contributed by atoms with Crippen molar-refractivity contribution in [2.45, 2.75) is 64.3 Å². The Morgan fingerprint density at radius 1 is 1.32 bits per heavy atom. The molecular weight excluding hydrogens is 274 g/mol. The highest BCUT2D eigenvalue weighted by atomic mass is 16.3. The van der Waals surface area contributed by atoms with Crippen LogP contribution in [0.3, 0.4) is 0 Å². The van der Waals surface area contributed by atoms with Crippen molar-refractivity contribution in [1.82, 2.24) is 0 Å². The fourth-order valence-corrected chi connectivity index (χ4v) is 3.97. The maximum atomic E-state index is 12.5. The minimum absolute atomic E-state index is 0.101. The molecule has 120 valence electrons. The Kier molecular flexibility index (Phi) is 3.41. The van der Waals surface area contributed by atoms with Crippen molar-refractivity contribution in [3.63, 3.8) is 0 Å². The zero-order valence-electron chi connectivity index (χ0n) is 14.3.